The third kappa shape index (κ3) is 4.58. The lowest BCUT2D eigenvalue weighted by Gasteiger charge is -2.20. The first-order valence-electron chi connectivity index (χ1n) is 8.66. The standard InChI is InChI=1S/C21H18ClFN2O3S/c1-25(29(27,28)17-8-3-2-4-9-17)16-11-12-18(19(22)13-16)21(26)24-14-15-7-5-6-10-20(15)23/h2-13H,14H2,1H3,(H,24,26). The number of carbonyl (C=O) groups is 1. The molecule has 150 valence electrons. The molecule has 0 saturated carbocycles. The molecule has 8 heteroatoms. The summed E-state index contributed by atoms with van der Waals surface area (Å²) >= 11 is 6.22. The first kappa shape index (κ1) is 20.8. The summed E-state index contributed by atoms with van der Waals surface area (Å²) < 4.78 is 40.2. The summed E-state index contributed by atoms with van der Waals surface area (Å²) in [4.78, 5) is 12.5. The number of anilines is 1. The van der Waals surface area contributed by atoms with Gasteiger partial charge in [-0.2, -0.15) is 0 Å². The Morgan fingerprint density at radius 3 is 2.34 bits per heavy atom. The Kier molecular flexibility index (Phi) is 6.20. The molecule has 0 heterocycles. The zero-order chi connectivity index (χ0) is 21.0. The Labute approximate surface area is 173 Å². The number of halogens is 2. The van der Waals surface area contributed by atoms with Gasteiger partial charge in [-0.05, 0) is 36.4 Å². The lowest BCUT2D eigenvalue weighted by atomic mass is 10.1. The number of carbonyl (C=O) groups excluding carboxylic acids is 1. The zero-order valence-corrected chi connectivity index (χ0v) is 17.0. The number of benzene rings is 3. The highest BCUT2D eigenvalue weighted by molar-refractivity contribution is 7.92. The maximum absolute atomic E-state index is 13.7. The number of hydrogen-bond donors (Lipinski definition) is 1. The molecule has 0 fully saturated rings. The SMILES string of the molecule is CN(c1ccc(C(=O)NCc2ccccc2F)c(Cl)c1)S(=O)(=O)c1ccccc1. The van der Waals surface area contributed by atoms with Crippen molar-refractivity contribution in [2.24, 2.45) is 0 Å². The summed E-state index contributed by atoms with van der Waals surface area (Å²) in [6, 6.07) is 18.4. The average Bonchev–Trinajstić information content (AvgIpc) is 2.73. The van der Waals surface area contributed by atoms with Crippen LogP contribution in [0.4, 0.5) is 10.1 Å². The van der Waals surface area contributed by atoms with Crippen LogP contribution in [0.1, 0.15) is 15.9 Å². The van der Waals surface area contributed by atoms with E-state index in [2.05, 4.69) is 5.32 Å². The third-order valence-corrected chi connectivity index (χ3v) is 6.47. The van der Waals surface area contributed by atoms with Gasteiger partial charge >= 0.3 is 0 Å². The maximum Gasteiger partial charge on any atom is 0.264 e. The second kappa shape index (κ2) is 8.63. The topological polar surface area (TPSA) is 66.5 Å². The molecular formula is C21H18ClFN2O3S. The quantitative estimate of drug-likeness (QED) is 0.633. The van der Waals surface area contributed by atoms with Gasteiger partial charge in [-0.25, -0.2) is 12.8 Å². The molecule has 3 aromatic carbocycles. The monoisotopic (exact) mass is 432 g/mol. The normalized spacial score (nSPS) is 11.1. The van der Waals surface area contributed by atoms with Crippen LogP contribution >= 0.6 is 11.6 Å². The fourth-order valence-corrected chi connectivity index (χ4v) is 4.15. The van der Waals surface area contributed by atoms with Crippen LogP contribution in [0.15, 0.2) is 77.7 Å². The van der Waals surface area contributed by atoms with Gasteiger partial charge in [0.05, 0.1) is 21.2 Å². The molecule has 1 amide bonds. The molecule has 3 rings (SSSR count). The fraction of sp³-hybridized carbons (Fsp3) is 0.0952. The van der Waals surface area contributed by atoms with Crippen molar-refractivity contribution in [2.75, 3.05) is 11.4 Å². The Hall–Kier alpha value is -2.90. The first-order valence-corrected chi connectivity index (χ1v) is 10.5. The summed E-state index contributed by atoms with van der Waals surface area (Å²) in [5.74, 6) is -0.902. The number of amides is 1. The van der Waals surface area contributed by atoms with Crippen LogP contribution in [0.3, 0.4) is 0 Å². The van der Waals surface area contributed by atoms with Crippen molar-refractivity contribution in [3.05, 3.63) is 94.8 Å². The van der Waals surface area contributed by atoms with Crippen molar-refractivity contribution in [3.8, 4) is 0 Å². The van der Waals surface area contributed by atoms with Gasteiger partial charge < -0.3 is 5.32 Å². The molecule has 3 aromatic rings. The Bertz CT molecular complexity index is 1140. The summed E-state index contributed by atoms with van der Waals surface area (Å²) in [5.41, 5.74) is 0.823. The molecule has 5 nitrogen and oxygen atoms in total. The van der Waals surface area contributed by atoms with Gasteiger partial charge in [0.15, 0.2) is 0 Å². The van der Waals surface area contributed by atoms with Crippen molar-refractivity contribution in [3.63, 3.8) is 0 Å². The lowest BCUT2D eigenvalue weighted by Crippen LogP contribution is -2.27. The fourth-order valence-electron chi connectivity index (χ4n) is 2.69. The van der Waals surface area contributed by atoms with Crippen LogP contribution in [-0.4, -0.2) is 21.4 Å². The summed E-state index contributed by atoms with van der Waals surface area (Å²) in [5, 5.41) is 2.69. The molecular weight excluding hydrogens is 415 g/mol. The highest BCUT2D eigenvalue weighted by atomic mass is 35.5. The molecule has 0 saturated heterocycles. The Morgan fingerprint density at radius 2 is 1.69 bits per heavy atom. The van der Waals surface area contributed by atoms with E-state index in [-0.39, 0.29) is 22.0 Å². The Morgan fingerprint density at radius 1 is 1.03 bits per heavy atom. The molecule has 29 heavy (non-hydrogen) atoms. The van der Waals surface area contributed by atoms with E-state index in [1.165, 1.54) is 43.4 Å². The molecule has 0 unspecified atom stereocenters. The molecule has 0 aromatic heterocycles. The van der Waals surface area contributed by atoms with Crippen LogP contribution in [0.25, 0.3) is 0 Å². The lowest BCUT2D eigenvalue weighted by molar-refractivity contribution is 0.0950. The summed E-state index contributed by atoms with van der Waals surface area (Å²) in [6.07, 6.45) is 0. The minimum absolute atomic E-state index is 0.00583. The van der Waals surface area contributed by atoms with Crippen molar-refractivity contribution in [1.29, 1.82) is 0 Å². The van der Waals surface area contributed by atoms with E-state index in [1.807, 2.05) is 0 Å². The second-order valence-electron chi connectivity index (χ2n) is 6.22. The summed E-state index contributed by atoms with van der Waals surface area (Å²) in [7, 11) is -2.35. The minimum Gasteiger partial charge on any atom is -0.348 e. The molecule has 0 aliphatic carbocycles. The van der Waals surface area contributed by atoms with Crippen molar-refractivity contribution >= 4 is 33.2 Å². The average molecular weight is 433 g/mol. The number of nitrogens with zero attached hydrogens (tertiary/aromatic N) is 1. The van der Waals surface area contributed by atoms with E-state index in [0.29, 0.717) is 11.3 Å². The van der Waals surface area contributed by atoms with Crippen molar-refractivity contribution in [1.82, 2.24) is 5.32 Å². The van der Waals surface area contributed by atoms with Crippen LogP contribution < -0.4 is 9.62 Å². The summed E-state index contributed by atoms with van der Waals surface area (Å²) in [6.45, 7) is 0.00583. The maximum atomic E-state index is 13.7. The van der Waals surface area contributed by atoms with Crippen LogP contribution in [-0.2, 0) is 16.6 Å². The van der Waals surface area contributed by atoms with Crippen LogP contribution in [0.5, 0.6) is 0 Å². The zero-order valence-electron chi connectivity index (χ0n) is 15.5. The highest BCUT2D eigenvalue weighted by Crippen LogP contribution is 2.27. The third-order valence-electron chi connectivity index (χ3n) is 4.36. The van der Waals surface area contributed by atoms with E-state index in [0.717, 1.165) is 4.31 Å². The van der Waals surface area contributed by atoms with Crippen LogP contribution in [0.2, 0.25) is 5.02 Å². The predicted octanol–water partition coefficient (Wildman–Crippen LogP) is 4.23. The molecule has 1 N–H and O–H groups in total. The van der Waals surface area contributed by atoms with Gasteiger partial charge in [-0.3, -0.25) is 9.10 Å². The smallest absolute Gasteiger partial charge is 0.264 e. The number of sulfonamides is 1. The Balaban J connectivity index is 1.77. The largest absolute Gasteiger partial charge is 0.348 e. The molecule has 0 aliphatic heterocycles. The van der Waals surface area contributed by atoms with E-state index in [4.69, 9.17) is 11.6 Å². The van der Waals surface area contributed by atoms with Gasteiger partial charge in [0.2, 0.25) is 0 Å². The van der Waals surface area contributed by atoms with Crippen LogP contribution in [0, 0.1) is 5.82 Å². The number of nitrogens with one attached hydrogen (secondary N) is 1. The van der Waals surface area contributed by atoms with Crippen molar-refractivity contribution < 1.29 is 17.6 Å². The van der Waals surface area contributed by atoms with Gasteiger partial charge in [-0.15, -0.1) is 0 Å². The molecule has 0 radical (unpaired) electrons. The minimum atomic E-state index is -3.76. The van der Waals surface area contributed by atoms with Crippen molar-refractivity contribution in [2.45, 2.75) is 11.4 Å². The number of hydrogen-bond acceptors (Lipinski definition) is 3. The molecule has 0 atom stereocenters. The molecule has 0 spiro atoms. The first-order chi connectivity index (χ1) is 13.8. The molecule has 0 aliphatic rings. The van der Waals surface area contributed by atoms with Gasteiger partial charge in [0.1, 0.15) is 5.82 Å². The highest BCUT2D eigenvalue weighted by Gasteiger charge is 2.22. The van der Waals surface area contributed by atoms with E-state index in [1.54, 1.807) is 36.4 Å². The molecule has 0 bridgehead atoms. The number of rotatable bonds is 6. The van der Waals surface area contributed by atoms with Gasteiger partial charge in [0, 0.05) is 19.2 Å². The van der Waals surface area contributed by atoms with E-state index in [9.17, 15) is 17.6 Å². The van der Waals surface area contributed by atoms with Gasteiger partial charge in [0.25, 0.3) is 15.9 Å². The second-order valence-corrected chi connectivity index (χ2v) is 8.60. The van der Waals surface area contributed by atoms with Gasteiger partial charge in [-0.1, -0.05) is 48.0 Å². The van der Waals surface area contributed by atoms with E-state index >= 15 is 0 Å². The van der Waals surface area contributed by atoms with E-state index < -0.39 is 21.7 Å². The predicted molar refractivity (Wildman–Crippen MR) is 111 cm³/mol.